The number of halogens is 1. The number of esters is 1. The number of carbonyl (C=O) groups is 2. The number of ether oxygens (including phenoxy) is 2. The average Bonchev–Trinajstić information content (AvgIpc) is 3.09. The number of aliphatic imine (C=N–C) groups is 1. The van der Waals surface area contributed by atoms with Crippen LogP contribution >= 0.6 is 23.4 Å². The maximum atomic E-state index is 13.0. The predicted octanol–water partition coefficient (Wildman–Crippen LogP) is 4.02. The Kier molecular flexibility index (Phi) is 7.80. The first kappa shape index (κ1) is 23.4. The number of hydrogen-bond acceptors (Lipinski definition) is 7. The molecule has 0 aliphatic carbocycles. The summed E-state index contributed by atoms with van der Waals surface area (Å²) in [6, 6.07) is 6.87. The summed E-state index contributed by atoms with van der Waals surface area (Å²) in [5, 5.41) is 6.14. The van der Waals surface area contributed by atoms with Crippen molar-refractivity contribution in [2.75, 3.05) is 20.3 Å². The summed E-state index contributed by atoms with van der Waals surface area (Å²) in [5.74, 6) is -0.548. The molecule has 0 bridgehead atoms. The van der Waals surface area contributed by atoms with Crippen molar-refractivity contribution in [3.8, 4) is 0 Å². The fraction of sp³-hybridized carbons (Fsp3) is 0.409. The molecule has 3 rings (SSSR count). The number of methoxy groups -OCH3 is 1. The van der Waals surface area contributed by atoms with Gasteiger partial charge in [-0.05, 0) is 43.9 Å². The van der Waals surface area contributed by atoms with Gasteiger partial charge in [0, 0.05) is 23.9 Å². The maximum Gasteiger partial charge on any atom is 0.338 e. The Morgan fingerprint density at radius 1 is 1.26 bits per heavy atom. The van der Waals surface area contributed by atoms with Gasteiger partial charge in [0.05, 0.1) is 30.3 Å². The van der Waals surface area contributed by atoms with Crippen LogP contribution in [0, 0.1) is 0 Å². The molecule has 1 atom stereocenters. The molecule has 2 aliphatic rings. The molecule has 0 aromatic heterocycles. The van der Waals surface area contributed by atoms with Gasteiger partial charge in [0.15, 0.2) is 5.17 Å². The molecule has 1 aromatic rings. The SMILES string of the molecule is COCCOC(=O)C1=C(C)N=C2SC=C(CC(=O)NC(C)C)N2[C@@H]1c1ccc(Cl)cc1. The van der Waals surface area contributed by atoms with Gasteiger partial charge in [-0.25, -0.2) is 9.79 Å². The predicted molar refractivity (Wildman–Crippen MR) is 123 cm³/mol. The van der Waals surface area contributed by atoms with Crippen molar-refractivity contribution in [3.05, 3.63) is 57.2 Å². The molecular weight excluding hydrogens is 438 g/mol. The van der Waals surface area contributed by atoms with E-state index in [1.807, 2.05) is 36.3 Å². The summed E-state index contributed by atoms with van der Waals surface area (Å²) >= 11 is 7.53. The van der Waals surface area contributed by atoms with Gasteiger partial charge in [0.25, 0.3) is 0 Å². The summed E-state index contributed by atoms with van der Waals surface area (Å²) in [5.41, 5.74) is 2.64. The molecule has 166 valence electrons. The van der Waals surface area contributed by atoms with Crippen molar-refractivity contribution in [2.45, 2.75) is 39.3 Å². The van der Waals surface area contributed by atoms with Crippen LogP contribution in [0.3, 0.4) is 0 Å². The van der Waals surface area contributed by atoms with Gasteiger partial charge in [-0.3, -0.25) is 4.79 Å². The third-order valence-corrected chi connectivity index (χ3v) is 5.86. The molecule has 0 saturated heterocycles. The van der Waals surface area contributed by atoms with Crippen LogP contribution in [0.1, 0.15) is 38.8 Å². The normalized spacial score (nSPS) is 18.0. The summed E-state index contributed by atoms with van der Waals surface area (Å²) in [6.45, 7) is 6.08. The number of amidine groups is 1. The molecule has 7 nitrogen and oxygen atoms in total. The number of thioether (sulfide) groups is 1. The highest BCUT2D eigenvalue weighted by molar-refractivity contribution is 8.16. The number of amides is 1. The number of nitrogens with one attached hydrogen (secondary N) is 1. The molecule has 9 heteroatoms. The molecule has 0 unspecified atom stereocenters. The number of benzene rings is 1. The summed E-state index contributed by atoms with van der Waals surface area (Å²) in [7, 11) is 1.55. The monoisotopic (exact) mass is 463 g/mol. The molecular formula is C22H26ClN3O4S. The molecule has 1 N–H and O–H groups in total. The first-order valence-electron chi connectivity index (χ1n) is 9.97. The van der Waals surface area contributed by atoms with Crippen LogP contribution in [-0.2, 0) is 19.1 Å². The second-order valence-electron chi connectivity index (χ2n) is 7.47. The number of allylic oxidation sites excluding steroid dienone is 1. The van der Waals surface area contributed by atoms with Crippen LogP contribution in [0.5, 0.6) is 0 Å². The van der Waals surface area contributed by atoms with E-state index >= 15 is 0 Å². The number of carbonyl (C=O) groups excluding carboxylic acids is 2. The molecule has 1 amide bonds. The largest absolute Gasteiger partial charge is 0.460 e. The van der Waals surface area contributed by atoms with E-state index in [0.717, 1.165) is 16.4 Å². The third-order valence-electron chi connectivity index (χ3n) is 4.72. The highest BCUT2D eigenvalue weighted by Gasteiger charge is 2.41. The smallest absolute Gasteiger partial charge is 0.338 e. The minimum absolute atomic E-state index is 0.0391. The molecule has 0 radical (unpaired) electrons. The van der Waals surface area contributed by atoms with Crippen molar-refractivity contribution in [3.63, 3.8) is 0 Å². The lowest BCUT2D eigenvalue weighted by Crippen LogP contribution is -2.38. The highest BCUT2D eigenvalue weighted by Crippen LogP contribution is 2.44. The van der Waals surface area contributed by atoms with Crippen LogP contribution in [0.25, 0.3) is 0 Å². The Hall–Kier alpha value is -2.29. The summed E-state index contributed by atoms with van der Waals surface area (Å²) < 4.78 is 10.4. The number of rotatable bonds is 8. The number of fused-ring (bicyclic) bond motifs is 1. The van der Waals surface area contributed by atoms with Crippen LogP contribution < -0.4 is 5.32 Å². The number of nitrogens with zero attached hydrogens (tertiary/aromatic N) is 2. The van der Waals surface area contributed by atoms with Crippen molar-refractivity contribution in [1.29, 1.82) is 0 Å². The van der Waals surface area contributed by atoms with Crippen LogP contribution in [0.4, 0.5) is 0 Å². The molecule has 0 saturated carbocycles. The van der Waals surface area contributed by atoms with E-state index in [1.165, 1.54) is 11.8 Å². The highest BCUT2D eigenvalue weighted by atomic mass is 35.5. The van der Waals surface area contributed by atoms with Gasteiger partial charge in [0.1, 0.15) is 6.61 Å². The van der Waals surface area contributed by atoms with Crippen LogP contribution in [0.2, 0.25) is 5.02 Å². The Bertz CT molecular complexity index is 941. The van der Waals surface area contributed by atoms with E-state index in [4.69, 9.17) is 21.1 Å². The lowest BCUT2D eigenvalue weighted by molar-refractivity contribution is -0.141. The van der Waals surface area contributed by atoms with Crippen molar-refractivity contribution >= 4 is 40.4 Å². The quantitative estimate of drug-likeness (QED) is 0.463. The summed E-state index contributed by atoms with van der Waals surface area (Å²) in [6.07, 6.45) is 0.180. The van der Waals surface area contributed by atoms with Gasteiger partial charge >= 0.3 is 5.97 Å². The lowest BCUT2D eigenvalue weighted by atomic mass is 9.94. The van der Waals surface area contributed by atoms with Crippen LogP contribution in [0.15, 0.2) is 51.6 Å². The minimum Gasteiger partial charge on any atom is -0.460 e. The van der Waals surface area contributed by atoms with Gasteiger partial charge in [-0.15, -0.1) is 0 Å². The van der Waals surface area contributed by atoms with E-state index < -0.39 is 12.0 Å². The molecule has 2 aliphatic heterocycles. The van der Waals surface area contributed by atoms with Crippen LogP contribution in [-0.4, -0.2) is 48.3 Å². The van der Waals surface area contributed by atoms with Crippen molar-refractivity contribution in [1.82, 2.24) is 10.2 Å². The van der Waals surface area contributed by atoms with Gasteiger partial charge < -0.3 is 19.7 Å². The second kappa shape index (κ2) is 10.3. The van der Waals surface area contributed by atoms with E-state index in [0.29, 0.717) is 22.9 Å². The zero-order chi connectivity index (χ0) is 22.5. The van der Waals surface area contributed by atoms with E-state index in [2.05, 4.69) is 10.3 Å². The first-order valence-corrected chi connectivity index (χ1v) is 11.2. The van der Waals surface area contributed by atoms with E-state index in [9.17, 15) is 9.59 Å². The first-order chi connectivity index (χ1) is 14.8. The Morgan fingerprint density at radius 3 is 2.61 bits per heavy atom. The minimum atomic E-state index is -0.479. The molecule has 0 spiro atoms. The fourth-order valence-corrected chi connectivity index (χ4v) is 4.51. The zero-order valence-electron chi connectivity index (χ0n) is 18.0. The molecule has 0 fully saturated rings. The van der Waals surface area contributed by atoms with E-state index in [-0.39, 0.29) is 25.0 Å². The number of hydrogen-bond donors (Lipinski definition) is 1. The molecule has 1 aromatic carbocycles. The van der Waals surface area contributed by atoms with Crippen molar-refractivity contribution in [2.24, 2.45) is 4.99 Å². The topological polar surface area (TPSA) is 80.2 Å². The fourth-order valence-electron chi connectivity index (χ4n) is 3.42. The zero-order valence-corrected chi connectivity index (χ0v) is 19.5. The Labute approximate surface area is 191 Å². The Balaban J connectivity index is 1.98. The van der Waals surface area contributed by atoms with E-state index in [1.54, 1.807) is 26.2 Å². The van der Waals surface area contributed by atoms with Gasteiger partial charge in [-0.1, -0.05) is 35.5 Å². The molecule has 2 heterocycles. The second-order valence-corrected chi connectivity index (χ2v) is 8.75. The molecule has 31 heavy (non-hydrogen) atoms. The van der Waals surface area contributed by atoms with Crippen molar-refractivity contribution < 1.29 is 19.1 Å². The standard InChI is InChI=1S/C22H26ClN3O4S/c1-13(2)24-18(27)11-17-12-31-22-25-14(3)19(21(28)30-10-9-29-4)20(26(17)22)15-5-7-16(23)8-6-15/h5-8,12-13,20H,9-11H2,1-4H3,(H,24,27)/t20-/m1/s1. The Morgan fingerprint density at radius 2 is 1.97 bits per heavy atom. The van der Waals surface area contributed by atoms with Gasteiger partial charge in [-0.2, -0.15) is 0 Å². The summed E-state index contributed by atoms with van der Waals surface area (Å²) in [4.78, 5) is 32.1. The third kappa shape index (κ3) is 5.50. The maximum absolute atomic E-state index is 13.0. The average molecular weight is 464 g/mol. The lowest BCUT2D eigenvalue weighted by Gasteiger charge is -2.36. The van der Waals surface area contributed by atoms with Gasteiger partial charge in [0.2, 0.25) is 5.91 Å².